The molecule has 0 aliphatic heterocycles. The first-order chi connectivity index (χ1) is 12.0. The normalized spacial score (nSPS) is 11.4. The minimum atomic E-state index is -0.757. The van der Waals surface area contributed by atoms with Gasteiger partial charge in [-0.25, -0.2) is 0 Å². The number of nitrogens with one attached hydrogen (secondary N) is 2. The highest BCUT2D eigenvalue weighted by Crippen LogP contribution is 2.10. The molecule has 1 unspecified atom stereocenters. The Morgan fingerprint density at radius 1 is 1.08 bits per heavy atom. The van der Waals surface area contributed by atoms with Crippen LogP contribution in [0.3, 0.4) is 0 Å². The van der Waals surface area contributed by atoms with Crippen molar-refractivity contribution in [1.29, 1.82) is 0 Å². The molecule has 7 heteroatoms. The third-order valence-electron chi connectivity index (χ3n) is 3.56. The van der Waals surface area contributed by atoms with Crippen molar-refractivity contribution < 1.29 is 14.4 Å². The van der Waals surface area contributed by atoms with Gasteiger partial charge in [0.25, 0.3) is 5.91 Å². The minimum absolute atomic E-state index is 0.105. The summed E-state index contributed by atoms with van der Waals surface area (Å²) in [5.41, 5.74) is 0.924. The summed E-state index contributed by atoms with van der Waals surface area (Å²) in [6, 6.07) is 12.1. The topological polar surface area (TPSA) is 78.5 Å². The van der Waals surface area contributed by atoms with E-state index in [1.54, 1.807) is 31.6 Å². The highest BCUT2D eigenvalue weighted by atomic mass is 32.1. The van der Waals surface area contributed by atoms with E-state index in [1.807, 2.05) is 30.3 Å². The van der Waals surface area contributed by atoms with E-state index >= 15 is 0 Å². The van der Waals surface area contributed by atoms with E-state index in [0.717, 1.165) is 5.56 Å². The fraction of sp³-hybridized carbons (Fsp3) is 0.278. The molecule has 0 spiro atoms. The van der Waals surface area contributed by atoms with E-state index in [4.69, 9.17) is 0 Å². The molecule has 1 atom stereocenters. The van der Waals surface area contributed by atoms with Gasteiger partial charge >= 0.3 is 0 Å². The van der Waals surface area contributed by atoms with Gasteiger partial charge in [0.2, 0.25) is 11.8 Å². The fourth-order valence-electron chi connectivity index (χ4n) is 2.14. The van der Waals surface area contributed by atoms with Gasteiger partial charge in [-0.05, 0) is 17.0 Å². The Labute approximate surface area is 150 Å². The Bertz CT molecular complexity index is 714. The lowest BCUT2D eigenvalue weighted by molar-refractivity contribution is -0.131. The molecule has 2 aromatic rings. The van der Waals surface area contributed by atoms with Gasteiger partial charge in [-0.3, -0.25) is 14.4 Å². The molecule has 2 N–H and O–H groups in total. The van der Waals surface area contributed by atoms with Crippen LogP contribution in [-0.2, 0) is 16.0 Å². The molecule has 3 amide bonds. The average Bonchev–Trinajstić information content (AvgIpc) is 3.14. The maximum atomic E-state index is 12.5. The van der Waals surface area contributed by atoms with Crippen molar-refractivity contribution in [1.82, 2.24) is 15.5 Å². The first-order valence-corrected chi connectivity index (χ1v) is 8.71. The summed E-state index contributed by atoms with van der Waals surface area (Å²) in [4.78, 5) is 38.4. The van der Waals surface area contributed by atoms with E-state index in [0.29, 0.717) is 11.3 Å². The number of carbonyl (C=O) groups excluding carboxylic acids is 3. The predicted molar refractivity (Wildman–Crippen MR) is 97.4 cm³/mol. The number of hydrogen-bond donors (Lipinski definition) is 2. The Hall–Kier alpha value is -2.67. The Balaban J connectivity index is 2.06. The van der Waals surface area contributed by atoms with Gasteiger partial charge in [-0.15, -0.1) is 11.3 Å². The molecule has 25 heavy (non-hydrogen) atoms. The lowest BCUT2D eigenvalue weighted by atomic mass is 10.1. The van der Waals surface area contributed by atoms with Gasteiger partial charge in [0, 0.05) is 20.5 Å². The maximum absolute atomic E-state index is 12.5. The van der Waals surface area contributed by atoms with Gasteiger partial charge in [-0.2, -0.15) is 0 Å². The van der Waals surface area contributed by atoms with Crippen LogP contribution in [0, 0.1) is 0 Å². The third-order valence-corrected chi connectivity index (χ3v) is 4.43. The average molecular weight is 359 g/mol. The highest BCUT2D eigenvalue weighted by Gasteiger charge is 2.23. The van der Waals surface area contributed by atoms with Crippen molar-refractivity contribution in [3.05, 3.63) is 58.3 Å². The fourth-order valence-corrected chi connectivity index (χ4v) is 2.77. The molecular weight excluding hydrogens is 338 g/mol. The quantitative estimate of drug-likeness (QED) is 0.782. The summed E-state index contributed by atoms with van der Waals surface area (Å²) < 4.78 is 0. The molecule has 6 nitrogen and oxygen atoms in total. The molecule has 132 valence electrons. The van der Waals surface area contributed by atoms with Gasteiger partial charge in [0.15, 0.2) is 0 Å². The SMILES string of the molecule is CN(C)C(=O)CNC(=O)C(Cc1ccccc1)NC(=O)c1cccs1. The number of rotatable bonds is 7. The zero-order valence-corrected chi connectivity index (χ0v) is 15.0. The molecule has 0 saturated carbocycles. The first-order valence-electron chi connectivity index (χ1n) is 7.83. The summed E-state index contributed by atoms with van der Waals surface area (Å²) in [5, 5.41) is 7.15. The summed E-state index contributed by atoms with van der Waals surface area (Å²) in [6.07, 6.45) is 0.347. The standard InChI is InChI=1S/C18H21N3O3S/c1-21(2)16(22)12-19-17(23)14(11-13-7-4-3-5-8-13)20-18(24)15-9-6-10-25-15/h3-10,14H,11-12H2,1-2H3,(H,19,23)(H,20,24). The van der Waals surface area contributed by atoms with Gasteiger partial charge in [0.1, 0.15) is 6.04 Å². The molecule has 1 aromatic carbocycles. The van der Waals surface area contributed by atoms with E-state index in [2.05, 4.69) is 10.6 Å². The zero-order chi connectivity index (χ0) is 18.2. The number of amides is 3. The van der Waals surface area contributed by atoms with Crippen LogP contribution in [0.1, 0.15) is 15.2 Å². The van der Waals surface area contributed by atoms with Crippen LogP contribution in [0.2, 0.25) is 0 Å². The van der Waals surface area contributed by atoms with E-state index in [-0.39, 0.29) is 24.3 Å². The minimum Gasteiger partial charge on any atom is -0.347 e. The van der Waals surface area contributed by atoms with Crippen LogP contribution in [0.4, 0.5) is 0 Å². The summed E-state index contributed by atoms with van der Waals surface area (Å²) in [5.74, 6) is -0.898. The second-order valence-electron chi connectivity index (χ2n) is 5.70. The second-order valence-corrected chi connectivity index (χ2v) is 6.65. The zero-order valence-electron chi connectivity index (χ0n) is 14.2. The van der Waals surface area contributed by atoms with Crippen LogP contribution in [0.25, 0.3) is 0 Å². The number of thiophene rings is 1. The molecule has 0 bridgehead atoms. The Morgan fingerprint density at radius 3 is 2.40 bits per heavy atom. The largest absolute Gasteiger partial charge is 0.347 e. The van der Waals surface area contributed by atoms with Crippen LogP contribution in [0.15, 0.2) is 47.8 Å². The van der Waals surface area contributed by atoms with E-state index < -0.39 is 6.04 Å². The van der Waals surface area contributed by atoms with Crippen molar-refractivity contribution in [2.45, 2.75) is 12.5 Å². The Kier molecular flexibility index (Phi) is 6.71. The monoisotopic (exact) mass is 359 g/mol. The van der Waals surface area contributed by atoms with Crippen molar-refractivity contribution in [3.63, 3.8) is 0 Å². The molecule has 1 heterocycles. The predicted octanol–water partition coefficient (Wildman–Crippen LogP) is 1.29. The van der Waals surface area contributed by atoms with Crippen molar-refractivity contribution in [2.75, 3.05) is 20.6 Å². The number of likely N-dealkylation sites (N-methyl/N-ethyl adjacent to an activating group) is 1. The van der Waals surface area contributed by atoms with Crippen molar-refractivity contribution >= 4 is 29.1 Å². The molecule has 0 radical (unpaired) electrons. The van der Waals surface area contributed by atoms with E-state index in [1.165, 1.54) is 16.2 Å². The van der Waals surface area contributed by atoms with Gasteiger partial charge < -0.3 is 15.5 Å². The van der Waals surface area contributed by atoms with Crippen LogP contribution in [0.5, 0.6) is 0 Å². The number of nitrogens with zero attached hydrogens (tertiary/aromatic N) is 1. The van der Waals surface area contributed by atoms with Crippen LogP contribution in [-0.4, -0.2) is 49.3 Å². The summed E-state index contributed by atoms with van der Waals surface area (Å²) in [6.45, 7) is -0.105. The van der Waals surface area contributed by atoms with Gasteiger partial charge in [-0.1, -0.05) is 36.4 Å². The molecule has 1 aromatic heterocycles. The van der Waals surface area contributed by atoms with E-state index in [9.17, 15) is 14.4 Å². The molecule has 0 saturated heterocycles. The lowest BCUT2D eigenvalue weighted by Crippen LogP contribution is -2.49. The molecule has 0 aliphatic rings. The summed E-state index contributed by atoms with van der Waals surface area (Å²) in [7, 11) is 3.24. The van der Waals surface area contributed by atoms with Crippen molar-refractivity contribution in [3.8, 4) is 0 Å². The third kappa shape index (κ3) is 5.72. The Morgan fingerprint density at radius 2 is 1.80 bits per heavy atom. The summed E-state index contributed by atoms with van der Waals surface area (Å²) >= 11 is 1.31. The molecule has 2 rings (SSSR count). The second kappa shape index (κ2) is 8.98. The lowest BCUT2D eigenvalue weighted by Gasteiger charge is -2.19. The van der Waals surface area contributed by atoms with Crippen LogP contribution >= 0.6 is 11.3 Å². The molecule has 0 aliphatic carbocycles. The number of hydrogen-bond acceptors (Lipinski definition) is 4. The molecule has 0 fully saturated rings. The first kappa shape index (κ1) is 18.7. The maximum Gasteiger partial charge on any atom is 0.262 e. The number of benzene rings is 1. The van der Waals surface area contributed by atoms with Crippen molar-refractivity contribution in [2.24, 2.45) is 0 Å². The molecular formula is C18H21N3O3S. The van der Waals surface area contributed by atoms with Crippen LogP contribution < -0.4 is 10.6 Å². The smallest absolute Gasteiger partial charge is 0.262 e. The number of carbonyl (C=O) groups is 3. The highest BCUT2D eigenvalue weighted by molar-refractivity contribution is 7.12. The van der Waals surface area contributed by atoms with Gasteiger partial charge in [0.05, 0.1) is 11.4 Å².